The van der Waals surface area contributed by atoms with Crippen molar-refractivity contribution in [3.63, 3.8) is 0 Å². The van der Waals surface area contributed by atoms with Gasteiger partial charge in [0.15, 0.2) is 0 Å². The molecule has 2 aromatic rings. The van der Waals surface area contributed by atoms with Crippen molar-refractivity contribution < 1.29 is 9.90 Å². The quantitative estimate of drug-likeness (QED) is 0.914. The van der Waals surface area contributed by atoms with Gasteiger partial charge in [0.1, 0.15) is 5.82 Å². The lowest BCUT2D eigenvalue weighted by Gasteiger charge is -2.07. The highest BCUT2D eigenvalue weighted by atomic mass is 16.4. The van der Waals surface area contributed by atoms with E-state index in [1.165, 1.54) is 31.5 Å². The van der Waals surface area contributed by atoms with E-state index in [9.17, 15) is 4.79 Å². The molecule has 0 spiro atoms. The molecule has 4 heteroatoms. The molecule has 0 bridgehead atoms. The molecular formula is C15H16N2O2. The molecule has 0 unspecified atom stereocenters. The average Bonchev–Trinajstić information content (AvgIpc) is 3.28. The van der Waals surface area contributed by atoms with Gasteiger partial charge in [-0.15, -0.1) is 0 Å². The molecule has 98 valence electrons. The maximum Gasteiger partial charge on any atom is 0.335 e. The number of carboxylic acid groups (broad SMARTS) is 1. The van der Waals surface area contributed by atoms with Crippen LogP contribution < -0.4 is 0 Å². The number of rotatable bonds is 4. The van der Waals surface area contributed by atoms with Gasteiger partial charge in [-0.1, -0.05) is 0 Å². The number of fused-ring (bicyclic) bond motifs is 1. The summed E-state index contributed by atoms with van der Waals surface area (Å²) in [5, 5.41) is 9.06. The number of nitrogens with zero attached hydrogens (tertiary/aromatic N) is 2. The minimum Gasteiger partial charge on any atom is -0.478 e. The first kappa shape index (κ1) is 11.0. The molecule has 4 nitrogen and oxygen atoms in total. The summed E-state index contributed by atoms with van der Waals surface area (Å²) in [6.07, 6.45) is 5.08. The summed E-state index contributed by atoms with van der Waals surface area (Å²) in [5.41, 5.74) is 2.26. The van der Waals surface area contributed by atoms with Gasteiger partial charge in [0.05, 0.1) is 16.6 Å². The second-order valence-electron chi connectivity index (χ2n) is 5.81. The van der Waals surface area contributed by atoms with Crippen LogP contribution in [0.25, 0.3) is 11.0 Å². The van der Waals surface area contributed by atoms with Gasteiger partial charge in [0.25, 0.3) is 0 Å². The average molecular weight is 256 g/mol. The van der Waals surface area contributed by atoms with Crippen molar-refractivity contribution >= 4 is 17.0 Å². The number of carbonyl (C=O) groups is 1. The van der Waals surface area contributed by atoms with Crippen LogP contribution >= 0.6 is 0 Å². The van der Waals surface area contributed by atoms with Crippen LogP contribution in [0.2, 0.25) is 0 Å². The maximum absolute atomic E-state index is 11.0. The number of aromatic nitrogens is 2. The highest BCUT2D eigenvalue weighted by Gasteiger charge is 2.32. The molecule has 1 aromatic heterocycles. The molecule has 1 N–H and O–H groups in total. The van der Waals surface area contributed by atoms with Crippen molar-refractivity contribution in [1.82, 2.24) is 9.55 Å². The van der Waals surface area contributed by atoms with E-state index in [0.29, 0.717) is 11.5 Å². The standard InChI is InChI=1S/C15H16N2O2/c18-15(19)11-5-6-13-12(7-11)16-14(10-3-4-10)17(13)8-9-1-2-9/h5-7,9-10H,1-4,8H2,(H,18,19). The predicted octanol–water partition coefficient (Wildman–Crippen LogP) is 3.02. The molecular weight excluding hydrogens is 240 g/mol. The zero-order valence-electron chi connectivity index (χ0n) is 10.7. The maximum atomic E-state index is 11.0. The fourth-order valence-corrected chi connectivity index (χ4v) is 2.69. The zero-order chi connectivity index (χ0) is 13.0. The SMILES string of the molecule is O=C(O)c1ccc2c(c1)nc(C1CC1)n2CC1CC1. The highest BCUT2D eigenvalue weighted by Crippen LogP contribution is 2.42. The predicted molar refractivity (Wildman–Crippen MR) is 71.4 cm³/mol. The number of hydrogen-bond acceptors (Lipinski definition) is 2. The Hall–Kier alpha value is -1.84. The van der Waals surface area contributed by atoms with Crippen molar-refractivity contribution in [2.24, 2.45) is 5.92 Å². The van der Waals surface area contributed by atoms with Crippen LogP contribution in [0, 0.1) is 5.92 Å². The number of hydrogen-bond donors (Lipinski definition) is 1. The van der Waals surface area contributed by atoms with Crippen LogP contribution in [0.3, 0.4) is 0 Å². The summed E-state index contributed by atoms with van der Waals surface area (Å²) in [5.74, 6) is 1.68. The summed E-state index contributed by atoms with van der Waals surface area (Å²) < 4.78 is 2.33. The lowest BCUT2D eigenvalue weighted by Crippen LogP contribution is -2.04. The first-order chi connectivity index (χ1) is 9.22. The van der Waals surface area contributed by atoms with E-state index in [2.05, 4.69) is 4.57 Å². The molecule has 2 fully saturated rings. The minimum atomic E-state index is -0.883. The van der Waals surface area contributed by atoms with Gasteiger partial charge < -0.3 is 9.67 Å². The Kier molecular flexibility index (Phi) is 2.22. The Morgan fingerprint density at radius 3 is 2.74 bits per heavy atom. The molecule has 0 radical (unpaired) electrons. The molecule has 4 rings (SSSR count). The Morgan fingerprint density at radius 2 is 2.11 bits per heavy atom. The molecule has 1 aromatic carbocycles. The third kappa shape index (κ3) is 1.91. The Morgan fingerprint density at radius 1 is 1.32 bits per heavy atom. The third-order valence-corrected chi connectivity index (χ3v) is 4.10. The summed E-state index contributed by atoms with van der Waals surface area (Å²) in [6.45, 7) is 1.05. The summed E-state index contributed by atoms with van der Waals surface area (Å²) in [4.78, 5) is 15.7. The molecule has 1 heterocycles. The lowest BCUT2D eigenvalue weighted by molar-refractivity contribution is 0.0697. The summed E-state index contributed by atoms with van der Waals surface area (Å²) in [7, 11) is 0. The molecule has 2 aliphatic carbocycles. The number of carboxylic acids is 1. The minimum absolute atomic E-state index is 0.325. The second kappa shape index (κ2) is 3.83. The van der Waals surface area contributed by atoms with Gasteiger partial charge in [0, 0.05) is 12.5 Å². The number of benzene rings is 1. The summed E-state index contributed by atoms with van der Waals surface area (Å²) in [6, 6.07) is 5.30. The Balaban J connectivity index is 1.85. The van der Waals surface area contributed by atoms with Crippen molar-refractivity contribution in [3.05, 3.63) is 29.6 Å². The van der Waals surface area contributed by atoms with E-state index in [0.717, 1.165) is 23.5 Å². The summed E-state index contributed by atoms with van der Waals surface area (Å²) >= 11 is 0. The molecule has 0 atom stereocenters. The van der Waals surface area contributed by atoms with Gasteiger partial charge >= 0.3 is 5.97 Å². The van der Waals surface area contributed by atoms with E-state index in [-0.39, 0.29) is 0 Å². The molecule has 2 aliphatic rings. The Labute approximate surface area is 111 Å². The largest absolute Gasteiger partial charge is 0.478 e. The number of imidazole rings is 1. The normalized spacial score (nSPS) is 18.9. The van der Waals surface area contributed by atoms with Crippen LogP contribution in [0.1, 0.15) is 47.8 Å². The van der Waals surface area contributed by atoms with Gasteiger partial charge in [0.2, 0.25) is 0 Å². The first-order valence-electron chi connectivity index (χ1n) is 6.96. The van der Waals surface area contributed by atoms with Gasteiger partial charge in [-0.3, -0.25) is 0 Å². The van der Waals surface area contributed by atoms with E-state index in [4.69, 9.17) is 10.1 Å². The molecule has 2 saturated carbocycles. The highest BCUT2D eigenvalue weighted by molar-refractivity contribution is 5.92. The fourth-order valence-electron chi connectivity index (χ4n) is 2.69. The molecule has 0 saturated heterocycles. The van der Waals surface area contributed by atoms with E-state index < -0.39 is 5.97 Å². The van der Waals surface area contributed by atoms with Gasteiger partial charge in [-0.2, -0.15) is 0 Å². The Bertz CT molecular complexity index is 666. The smallest absolute Gasteiger partial charge is 0.335 e. The lowest BCUT2D eigenvalue weighted by atomic mass is 10.2. The molecule has 0 aliphatic heterocycles. The van der Waals surface area contributed by atoms with Crippen LogP contribution in [0.15, 0.2) is 18.2 Å². The first-order valence-corrected chi connectivity index (χ1v) is 6.96. The monoisotopic (exact) mass is 256 g/mol. The third-order valence-electron chi connectivity index (χ3n) is 4.10. The van der Waals surface area contributed by atoms with Crippen molar-refractivity contribution in [3.8, 4) is 0 Å². The van der Waals surface area contributed by atoms with Crippen LogP contribution in [0.5, 0.6) is 0 Å². The van der Waals surface area contributed by atoms with Crippen molar-refractivity contribution in [1.29, 1.82) is 0 Å². The van der Waals surface area contributed by atoms with Gasteiger partial charge in [-0.25, -0.2) is 9.78 Å². The molecule has 0 amide bonds. The topological polar surface area (TPSA) is 55.1 Å². The van der Waals surface area contributed by atoms with E-state index in [1.807, 2.05) is 6.07 Å². The molecule has 19 heavy (non-hydrogen) atoms. The van der Waals surface area contributed by atoms with Crippen molar-refractivity contribution in [2.75, 3.05) is 0 Å². The van der Waals surface area contributed by atoms with E-state index >= 15 is 0 Å². The van der Waals surface area contributed by atoms with Crippen LogP contribution in [-0.2, 0) is 6.54 Å². The number of aromatic carboxylic acids is 1. The van der Waals surface area contributed by atoms with Crippen LogP contribution in [-0.4, -0.2) is 20.6 Å². The second-order valence-corrected chi connectivity index (χ2v) is 5.81. The fraction of sp³-hybridized carbons (Fsp3) is 0.467. The van der Waals surface area contributed by atoms with Crippen molar-refractivity contribution in [2.45, 2.75) is 38.1 Å². The zero-order valence-corrected chi connectivity index (χ0v) is 10.7. The van der Waals surface area contributed by atoms with Gasteiger partial charge in [-0.05, 0) is 49.8 Å². The van der Waals surface area contributed by atoms with Crippen LogP contribution in [0.4, 0.5) is 0 Å². The van der Waals surface area contributed by atoms with E-state index in [1.54, 1.807) is 12.1 Å².